The van der Waals surface area contributed by atoms with E-state index < -0.39 is 11.5 Å². The van der Waals surface area contributed by atoms with Gasteiger partial charge in [-0.2, -0.15) is 20.1 Å². The van der Waals surface area contributed by atoms with Gasteiger partial charge >= 0.3 is 0 Å². The van der Waals surface area contributed by atoms with Crippen molar-refractivity contribution in [1.82, 2.24) is 25.0 Å². The van der Waals surface area contributed by atoms with Gasteiger partial charge in [0.15, 0.2) is 11.6 Å². The molecule has 0 saturated heterocycles. The number of anilines is 1. The lowest BCUT2D eigenvalue weighted by Gasteiger charge is -2.08. The SMILES string of the molecule is N#Cc1cnn(-c2ccccn2)c1NC(=O)c1ccc(=O)[nH]n1. The average molecular weight is 307 g/mol. The number of aromatic nitrogens is 5. The van der Waals surface area contributed by atoms with Crippen LogP contribution in [-0.2, 0) is 0 Å². The van der Waals surface area contributed by atoms with Crippen molar-refractivity contribution in [2.24, 2.45) is 0 Å². The van der Waals surface area contributed by atoms with Crippen molar-refractivity contribution in [3.8, 4) is 11.9 Å². The number of nitrogens with zero attached hydrogens (tertiary/aromatic N) is 5. The van der Waals surface area contributed by atoms with E-state index in [1.54, 1.807) is 24.4 Å². The summed E-state index contributed by atoms with van der Waals surface area (Å²) in [4.78, 5) is 27.3. The van der Waals surface area contributed by atoms with Crippen LogP contribution in [0.25, 0.3) is 5.82 Å². The average Bonchev–Trinajstić information content (AvgIpc) is 2.99. The van der Waals surface area contributed by atoms with E-state index in [1.807, 2.05) is 6.07 Å². The Morgan fingerprint density at radius 2 is 2.17 bits per heavy atom. The molecule has 0 aliphatic carbocycles. The summed E-state index contributed by atoms with van der Waals surface area (Å²) in [5, 5.41) is 21.6. The first-order chi connectivity index (χ1) is 11.2. The molecule has 0 saturated carbocycles. The van der Waals surface area contributed by atoms with Gasteiger partial charge in [0.25, 0.3) is 11.5 Å². The molecule has 3 aromatic rings. The molecule has 0 aliphatic rings. The van der Waals surface area contributed by atoms with Crippen LogP contribution in [0.1, 0.15) is 16.1 Å². The van der Waals surface area contributed by atoms with Gasteiger partial charge in [-0.05, 0) is 18.2 Å². The number of carbonyl (C=O) groups is 1. The molecule has 3 aromatic heterocycles. The zero-order valence-electron chi connectivity index (χ0n) is 11.6. The molecule has 0 unspecified atom stereocenters. The second-order valence-corrected chi connectivity index (χ2v) is 4.38. The van der Waals surface area contributed by atoms with Gasteiger partial charge in [-0.25, -0.2) is 10.1 Å². The molecule has 0 aliphatic heterocycles. The van der Waals surface area contributed by atoms with Gasteiger partial charge in [0, 0.05) is 12.3 Å². The standard InChI is InChI=1S/C14H9N7O2/c15-7-9-8-17-21(11-3-1-2-6-16-11)13(9)18-14(23)10-4-5-12(22)20-19-10/h1-6,8H,(H,18,23)(H,20,22). The Labute approximate surface area is 129 Å². The molecule has 0 bridgehead atoms. The fraction of sp³-hybridized carbons (Fsp3) is 0. The number of hydrogen-bond acceptors (Lipinski definition) is 6. The lowest BCUT2D eigenvalue weighted by molar-refractivity contribution is 0.102. The lowest BCUT2D eigenvalue weighted by Crippen LogP contribution is -2.20. The maximum atomic E-state index is 12.2. The minimum Gasteiger partial charge on any atom is -0.304 e. The fourth-order valence-corrected chi connectivity index (χ4v) is 1.85. The van der Waals surface area contributed by atoms with Crippen LogP contribution < -0.4 is 10.9 Å². The number of pyridine rings is 1. The maximum Gasteiger partial charge on any atom is 0.277 e. The third-order valence-corrected chi connectivity index (χ3v) is 2.90. The Kier molecular flexibility index (Phi) is 3.63. The van der Waals surface area contributed by atoms with Crippen molar-refractivity contribution in [3.63, 3.8) is 0 Å². The lowest BCUT2D eigenvalue weighted by atomic mass is 10.3. The van der Waals surface area contributed by atoms with Gasteiger partial charge in [-0.3, -0.25) is 9.59 Å². The van der Waals surface area contributed by atoms with E-state index in [-0.39, 0.29) is 17.1 Å². The van der Waals surface area contributed by atoms with Crippen molar-refractivity contribution in [2.45, 2.75) is 0 Å². The second-order valence-electron chi connectivity index (χ2n) is 4.38. The molecule has 0 spiro atoms. The molecule has 0 atom stereocenters. The van der Waals surface area contributed by atoms with E-state index in [1.165, 1.54) is 23.0 Å². The maximum absolute atomic E-state index is 12.2. The Balaban J connectivity index is 1.98. The van der Waals surface area contributed by atoms with E-state index >= 15 is 0 Å². The Morgan fingerprint density at radius 1 is 1.30 bits per heavy atom. The molecule has 112 valence electrons. The van der Waals surface area contributed by atoms with Gasteiger partial charge in [0.2, 0.25) is 0 Å². The summed E-state index contributed by atoms with van der Waals surface area (Å²) in [5.74, 6) is 0.0263. The highest BCUT2D eigenvalue weighted by molar-refractivity contribution is 6.03. The molecule has 0 fully saturated rings. The second kappa shape index (κ2) is 5.90. The Bertz CT molecular complexity index is 933. The smallest absolute Gasteiger partial charge is 0.277 e. The van der Waals surface area contributed by atoms with Crippen molar-refractivity contribution in [3.05, 3.63) is 64.3 Å². The Morgan fingerprint density at radius 3 is 2.83 bits per heavy atom. The predicted octanol–water partition coefficient (Wildman–Crippen LogP) is 0.475. The number of nitrogens with one attached hydrogen (secondary N) is 2. The summed E-state index contributed by atoms with van der Waals surface area (Å²) >= 11 is 0. The zero-order chi connectivity index (χ0) is 16.2. The topological polar surface area (TPSA) is 129 Å². The monoisotopic (exact) mass is 307 g/mol. The van der Waals surface area contributed by atoms with Crippen LogP contribution in [0.5, 0.6) is 0 Å². The normalized spacial score (nSPS) is 10.0. The van der Waals surface area contributed by atoms with E-state index in [0.29, 0.717) is 5.82 Å². The van der Waals surface area contributed by atoms with Gasteiger partial charge < -0.3 is 5.32 Å². The summed E-state index contributed by atoms with van der Waals surface area (Å²) in [6.07, 6.45) is 2.89. The number of H-pyrrole nitrogens is 1. The largest absolute Gasteiger partial charge is 0.304 e. The van der Waals surface area contributed by atoms with Gasteiger partial charge in [-0.15, -0.1) is 0 Å². The summed E-state index contributed by atoms with van der Waals surface area (Å²) in [5.41, 5.74) is -0.242. The third-order valence-electron chi connectivity index (χ3n) is 2.90. The van der Waals surface area contributed by atoms with Crippen LogP contribution in [-0.4, -0.2) is 30.9 Å². The number of carbonyl (C=O) groups excluding carboxylic acids is 1. The summed E-state index contributed by atoms with van der Waals surface area (Å²) in [7, 11) is 0. The minimum atomic E-state index is -0.588. The van der Waals surface area contributed by atoms with Crippen LogP contribution in [0.3, 0.4) is 0 Å². The van der Waals surface area contributed by atoms with Gasteiger partial charge in [0.05, 0.1) is 6.20 Å². The third kappa shape index (κ3) is 2.81. The molecule has 0 radical (unpaired) electrons. The van der Waals surface area contributed by atoms with Crippen LogP contribution in [0.4, 0.5) is 5.82 Å². The highest BCUT2D eigenvalue weighted by Gasteiger charge is 2.17. The number of hydrogen-bond donors (Lipinski definition) is 2. The number of aromatic amines is 1. The molecule has 3 rings (SSSR count). The number of amides is 1. The highest BCUT2D eigenvalue weighted by Crippen LogP contribution is 2.18. The molecule has 1 amide bonds. The summed E-state index contributed by atoms with van der Waals surface area (Å²) in [6.45, 7) is 0. The highest BCUT2D eigenvalue weighted by atomic mass is 16.2. The first kappa shape index (κ1) is 14.2. The molecular formula is C14H9N7O2. The van der Waals surface area contributed by atoms with Crippen LogP contribution in [0.15, 0.2) is 47.5 Å². The summed E-state index contributed by atoms with van der Waals surface area (Å²) in [6, 6.07) is 9.59. The van der Waals surface area contributed by atoms with Crippen molar-refractivity contribution < 1.29 is 4.79 Å². The molecule has 9 nitrogen and oxygen atoms in total. The van der Waals surface area contributed by atoms with E-state index in [0.717, 1.165) is 0 Å². The quantitative estimate of drug-likeness (QED) is 0.723. The van der Waals surface area contributed by atoms with E-state index in [9.17, 15) is 9.59 Å². The first-order valence-electron chi connectivity index (χ1n) is 6.45. The van der Waals surface area contributed by atoms with Gasteiger partial charge in [0.1, 0.15) is 17.3 Å². The zero-order valence-corrected chi connectivity index (χ0v) is 11.6. The minimum absolute atomic E-state index is 0.00209. The van der Waals surface area contributed by atoms with Crippen molar-refractivity contribution >= 4 is 11.7 Å². The Hall–Kier alpha value is -3.80. The van der Waals surface area contributed by atoms with Crippen LogP contribution in [0, 0.1) is 11.3 Å². The van der Waals surface area contributed by atoms with Crippen molar-refractivity contribution in [2.75, 3.05) is 5.32 Å². The molecule has 2 N–H and O–H groups in total. The fourth-order valence-electron chi connectivity index (χ4n) is 1.85. The van der Waals surface area contributed by atoms with E-state index in [2.05, 4.69) is 25.6 Å². The van der Waals surface area contributed by atoms with Gasteiger partial charge in [-0.1, -0.05) is 6.07 Å². The molecular weight excluding hydrogens is 298 g/mol. The van der Waals surface area contributed by atoms with Crippen LogP contribution >= 0.6 is 0 Å². The van der Waals surface area contributed by atoms with E-state index in [4.69, 9.17) is 5.26 Å². The molecule has 0 aromatic carbocycles. The number of rotatable bonds is 3. The van der Waals surface area contributed by atoms with Crippen LogP contribution in [0.2, 0.25) is 0 Å². The van der Waals surface area contributed by atoms with Crippen molar-refractivity contribution in [1.29, 1.82) is 5.26 Å². The molecule has 23 heavy (non-hydrogen) atoms. The first-order valence-corrected chi connectivity index (χ1v) is 6.45. The summed E-state index contributed by atoms with van der Waals surface area (Å²) < 4.78 is 1.34. The molecule has 3 heterocycles. The molecule has 9 heteroatoms. The predicted molar refractivity (Wildman–Crippen MR) is 78.9 cm³/mol. The number of nitriles is 1.